The van der Waals surface area contributed by atoms with Crippen LogP contribution in [0.5, 0.6) is 5.75 Å². The van der Waals surface area contributed by atoms with E-state index in [1.54, 1.807) is 6.33 Å². The molecule has 1 fully saturated rings. The number of carbonyl (C=O) groups excluding carboxylic acids is 1. The van der Waals surface area contributed by atoms with E-state index < -0.39 is 5.82 Å². The van der Waals surface area contributed by atoms with E-state index in [1.807, 2.05) is 11.1 Å². The molecule has 2 aliphatic rings. The van der Waals surface area contributed by atoms with Crippen LogP contribution < -0.4 is 9.80 Å². The second-order valence-electron chi connectivity index (χ2n) is 6.90. The fourth-order valence-electron chi connectivity index (χ4n) is 3.86. The van der Waals surface area contributed by atoms with Gasteiger partial charge in [-0.15, -0.1) is 0 Å². The number of carbonyl (C=O) groups is 1. The third-order valence-corrected chi connectivity index (χ3v) is 5.26. The van der Waals surface area contributed by atoms with E-state index >= 15 is 0 Å². The minimum Gasteiger partial charge on any atom is -0.506 e. The predicted octanol–water partition coefficient (Wildman–Crippen LogP) is 1.72. The van der Waals surface area contributed by atoms with Gasteiger partial charge in [0.1, 0.15) is 35.7 Å². The molecule has 0 amide bonds. The molecule has 146 valence electrons. The number of nitrogens with zero attached hydrogens (tertiary/aromatic N) is 5. The highest BCUT2D eigenvalue weighted by molar-refractivity contribution is 5.64. The lowest BCUT2D eigenvalue weighted by Crippen LogP contribution is -2.45. The lowest BCUT2D eigenvalue weighted by Gasteiger charge is -2.37. The fourth-order valence-corrected chi connectivity index (χ4v) is 3.86. The maximum absolute atomic E-state index is 14.2. The zero-order valence-electron chi connectivity index (χ0n) is 15.5. The molecule has 28 heavy (non-hydrogen) atoms. The third kappa shape index (κ3) is 3.49. The summed E-state index contributed by atoms with van der Waals surface area (Å²) in [4.78, 5) is 25.6. The number of fused-ring (bicyclic) bond motifs is 1. The van der Waals surface area contributed by atoms with E-state index in [0.717, 1.165) is 49.5 Å². The van der Waals surface area contributed by atoms with Gasteiger partial charge in [-0.1, -0.05) is 6.07 Å². The van der Waals surface area contributed by atoms with Crippen molar-refractivity contribution in [1.29, 1.82) is 0 Å². The number of phenols is 1. The Morgan fingerprint density at radius 3 is 2.64 bits per heavy atom. The van der Waals surface area contributed by atoms with Gasteiger partial charge < -0.3 is 19.8 Å². The summed E-state index contributed by atoms with van der Waals surface area (Å²) < 4.78 is 14.2. The Morgan fingerprint density at radius 2 is 1.89 bits per heavy atom. The minimum atomic E-state index is -0.433. The molecular formula is C20H22FN5O2. The Hall–Kier alpha value is -3.16. The molecule has 4 rings (SSSR count). The van der Waals surface area contributed by atoms with Gasteiger partial charge >= 0.3 is 0 Å². The highest BCUT2D eigenvalue weighted by atomic mass is 19.1. The van der Waals surface area contributed by atoms with Crippen molar-refractivity contribution in [2.45, 2.75) is 13.0 Å². The molecule has 0 bridgehead atoms. The normalized spacial score (nSPS) is 17.1. The van der Waals surface area contributed by atoms with E-state index in [4.69, 9.17) is 0 Å². The van der Waals surface area contributed by atoms with Crippen LogP contribution in [0.3, 0.4) is 0 Å². The summed E-state index contributed by atoms with van der Waals surface area (Å²) >= 11 is 0. The highest BCUT2D eigenvalue weighted by Crippen LogP contribution is 2.35. The zero-order chi connectivity index (χ0) is 19.5. The number of benzene rings is 1. The number of allylic oxidation sites excluding steroid dienone is 1. The van der Waals surface area contributed by atoms with Crippen molar-refractivity contribution in [2.24, 2.45) is 0 Å². The molecule has 3 heterocycles. The summed E-state index contributed by atoms with van der Waals surface area (Å²) in [5.74, 6) is 0.441. The highest BCUT2D eigenvalue weighted by Gasteiger charge is 2.27. The number of rotatable bonds is 4. The quantitative estimate of drug-likeness (QED) is 0.637. The van der Waals surface area contributed by atoms with Gasteiger partial charge in [0.25, 0.3) is 0 Å². The number of hydrogen-bond donors (Lipinski definition) is 1. The SMILES string of the molecule is O=CC=CN1CCN(c2ncnc3c2CCN(c2c(O)cccc2F)C3)CC1. The maximum atomic E-state index is 14.2. The van der Waals surface area contributed by atoms with Crippen molar-refractivity contribution in [2.75, 3.05) is 42.5 Å². The van der Waals surface area contributed by atoms with Gasteiger partial charge in [0.15, 0.2) is 0 Å². The molecule has 0 aliphatic carbocycles. The van der Waals surface area contributed by atoms with Gasteiger partial charge in [-0.2, -0.15) is 0 Å². The number of halogens is 1. The van der Waals surface area contributed by atoms with Crippen LogP contribution in [0.15, 0.2) is 36.8 Å². The molecule has 2 aromatic rings. The van der Waals surface area contributed by atoms with E-state index in [0.29, 0.717) is 19.5 Å². The number of aldehydes is 1. The van der Waals surface area contributed by atoms with Crippen molar-refractivity contribution >= 4 is 17.8 Å². The van der Waals surface area contributed by atoms with Crippen molar-refractivity contribution in [3.63, 3.8) is 0 Å². The van der Waals surface area contributed by atoms with Crippen LogP contribution in [0.25, 0.3) is 0 Å². The Balaban J connectivity index is 1.53. The van der Waals surface area contributed by atoms with E-state index in [2.05, 4.69) is 19.8 Å². The molecule has 0 atom stereocenters. The van der Waals surface area contributed by atoms with Crippen molar-refractivity contribution in [1.82, 2.24) is 14.9 Å². The number of piperazine rings is 1. The molecule has 1 saturated heterocycles. The average Bonchev–Trinajstić information content (AvgIpc) is 2.72. The molecule has 0 radical (unpaired) electrons. The minimum absolute atomic E-state index is 0.0581. The molecule has 0 spiro atoms. The second kappa shape index (κ2) is 7.84. The molecule has 0 unspecified atom stereocenters. The van der Waals surface area contributed by atoms with E-state index in [1.165, 1.54) is 24.3 Å². The van der Waals surface area contributed by atoms with Gasteiger partial charge in [0, 0.05) is 44.5 Å². The molecule has 0 saturated carbocycles. The smallest absolute Gasteiger partial charge is 0.150 e. The zero-order valence-corrected chi connectivity index (χ0v) is 15.5. The number of para-hydroxylation sites is 1. The molecule has 1 N–H and O–H groups in total. The van der Waals surface area contributed by atoms with Crippen LogP contribution in [-0.4, -0.2) is 59.0 Å². The number of hydrogen-bond acceptors (Lipinski definition) is 7. The summed E-state index contributed by atoms with van der Waals surface area (Å²) in [5, 5.41) is 10.1. The van der Waals surface area contributed by atoms with E-state index in [9.17, 15) is 14.3 Å². The first-order valence-electron chi connectivity index (χ1n) is 9.33. The van der Waals surface area contributed by atoms with Gasteiger partial charge in [-0.3, -0.25) is 4.79 Å². The predicted molar refractivity (Wildman–Crippen MR) is 104 cm³/mol. The Bertz CT molecular complexity index is 876. The first-order valence-corrected chi connectivity index (χ1v) is 9.33. The van der Waals surface area contributed by atoms with Crippen LogP contribution in [-0.2, 0) is 17.8 Å². The number of anilines is 2. The van der Waals surface area contributed by atoms with Crippen molar-refractivity contribution in [3.8, 4) is 5.75 Å². The lowest BCUT2D eigenvalue weighted by molar-refractivity contribution is -0.104. The van der Waals surface area contributed by atoms with Crippen LogP contribution in [0, 0.1) is 5.82 Å². The Labute approximate surface area is 162 Å². The largest absolute Gasteiger partial charge is 0.506 e. The van der Waals surface area contributed by atoms with Gasteiger partial charge in [-0.05, 0) is 24.6 Å². The topological polar surface area (TPSA) is 72.8 Å². The van der Waals surface area contributed by atoms with Crippen molar-refractivity contribution < 1.29 is 14.3 Å². The average molecular weight is 383 g/mol. The van der Waals surface area contributed by atoms with Gasteiger partial charge in [0.2, 0.25) is 0 Å². The number of aromatic nitrogens is 2. The second-order valence-corrected chi connectivity index (χ2v) is 6.90. The first-order chi connectivity index (χ1) is 13.7. The summed E-state index contributed by atoms with van der Waals surface area (Å²) in [6.07, 6.45) is 6.35. The summed E-state index contributed by atoms with van der Waals surface area (Å²) in [6, 6.07) is 4.35. The molecular weight excluding hydrogens is 361 g/mol. The van der Waals surface area contributed by atoms with Gasteiger partial charge in [-0.25, -0.2) is 14.4 Å². The van der Waals surface area contributed by atoms with E-state index in [-0.39, 0.29) is 11.4 Å². The molecule has 1 aromatic heterocycles. The van der Waals surface area contributed by atoms with Crippen LogP contribution in [0.1, 0.15) is 11.3 Å². The van der Waals surface area contributed by atoms with Crippen LogP contribution >= 0.6 is 0 Å². The molecule has 8 heteroatoms. The summed E-state index contributed by atoms with van der Waals surface area (Å²) in [5.41, 5.74) is 2.18. The molecule has 7 nitrogen and oxygen atoms in total. The Kier molecular flexibility index (Phi) is 5.10. The Morgan fingerprint density at radius 1 is 1.07 bits per heavy atom. The monoisotopic (exact) mass is 383 g/mol. The maximum Gasteiger partial charge on any atom is 0.150 e. The standard InChI is InChI=1S/C20H22FN5O2/c21-16-3-1-4-18(28)19(16)26-7-5-15-17(13-26)22-14-23-20(15)25-10-8-24(9-11-25)6-2-12-27/h1-4,6,12,14,28H,5,7-11,13H2. The first kappa shape index (κ1) is 18.2. The summed E-state index contributed by atoms with van der Waals surface area (Å²) in [6.45, 7) is 4.27. The number of aromatic hydroxyl groups is 1. The number of phenolic OH excluding ortho intramolecular Hbond substituents is 1. The fraction of sp³-hybridized carbons (Fsp3) is 0.350. The third-order valence-electron chi connectivity index (χ3n) is 5.26. The lowest BCUT2D eigenvalue weighted by atomic mass is 10.0. The molecule has 2 aliphatic heterocycles. The van der Waals surface area contributed by atoms with Crippen molar-refractivity contribution in [3.05, 3.63) is 53.9 Å². The van der Waals surface area contributed by atoms with Gasteiger partial charge in [0.05, 0.1) is 12.2 Å². The molecule has 1 aromatic carbocycles. The van der Waals surface area contributed by atoms with Crippen LogP contribution in [0.2, 0.25) is 0 Å². The van der Waals surface area contributed by atoms with Crippen LogP contribution in [0.4, 0.5) is 15.9 Å². The summed E-state index contributed by atoms with van der Waals surface area (Å²) in [7, 11) is 0.